The second-order valence-electron chi connectivity index (χ2n) is 6.84. The minimum absolute atomic E-state index is 0.203. The van der Waals surface area contributed by atoms with Crippen LogP contribution in [0, 0.1) is 5.82 Å². The van der Waals surface area contributed by atoms with Gasteiger partial charge in [0.05, 0.1) is 11.0 Å². The number of rotatable bonds is 3. The number of carbonyl (C=O) groups is 1. The molecule has 7 heteroatoms. The predicted octanol–water partition coefficient (Wildman–Crippen LogP) is 3.41. The molecule has 3 aromatic rings. The molecule has 0 saturated carbocycles. The molecular weight excluding hydrogens is 359 g/mol. The second-order valence-corrected chi connectivity index (χ2v) is 6.84. The van der Waals surface area contributed by atoms with Crippen molar-refractivity contribution < 1.29 is 13.9 Å². The van der Waals surface area contributed by atoms with Crippen LogP contribution < -0.4 is 14.5 Å². The summed E-state index contributed by atoms with van der Waals surface area (Å²) in [5.74, 6) is 1.11. The first-order valence-electron chi connectivity index (χ1n) is 9.24. The van der Waals surface area contributed by atoms with Crippen molar-refractivity contribution >= 4 is 28.6 Å². The minimum Gasteiger partial charge on any atom is -0.481 e. The van der Waals surface area contributed by atoms with Crippen LogP contribution in [0.4, 0.5) is 16.0 Å². The van der Waals surface area contributed by atoms with Gasteiger partial charge in [-0.3, -0.25) is 9.69 Å². The number of amides is 1. The Bertz CT molecular complexity index is 1010. The Morgan fingerprint density at radius 3 is 2.36 bits per heavy atom. The highest BCUT2D eigenvalue weighted by Gasteiger charge is 2.30. The van der Waals surface area contributed by atoms with Gasteiger partial charge in [0.25, 0.3) is 5.91 Å². The largest absolute Gasteiger partial charge is 0.481 e. The summed E-state index contributed by atoms with van der Waals surface area (Å²) in [6, 6.07) is 13.2. The van der Waals surface area contributed by atoms with Crippen molar-refractivity contribution in [3.8, 4) is 5.75 Å². The standard InChI is InChI=1S/C21H21FN4O2/c1-14(28-16-10-8-15(22)9-11-16)21(27)26-13-5-12-25(2)19-20(26)24-18-7-4-3-6-17(18)23-19/h3-4,6-11,14H,5,12-13H2,1-2H3/t14-/m0/s1. The van der Waals surface area contributed by atoms with Crippen molar-refractivity contribution in [2.45, 2.75) is 19.4 Å². The second kappa shape index (κ2) is 7.42. The zero-order chi connectivity index (χ0) is 19.7. The van der Waals surface area contributed by atoms with Crippen molar-refractivity contribution in [3.63, 3.8) is 0 Å². The maximum Gasteiger partial charge on any atom is 0.269 e. The SMILES string of the molecule is C[C@H](Oc1ccc(F)cc1)C(=O)N1CCCN(C)c2nc3ccccc3nc21. The molecule has 0 saturated heterocycles. The van der Waals surface area contributed by atoms with Crippen molar-refractivity contribution in [1.29, 1.82) is 0 Å². The molecule has 0 N–H and O–H groups in total. The van der Waals surface area contributed by atoms with E-state index in [9.17, 15) is 9.18 Å². The molecule has 0 aliphatic carbocycles. The van der Waals surface area contributed by atoms with Gasteiger partial charge in [0, 0.05) is 20.1 Å². The molecule has 1 aliphatic heterocycles. The lowest BCUT2D eigenvalue weighted by Gasteiger charge is -2.25. The summed E-state index contributed by atoms with van der Waals surface area (Å²) >= 11 is 0. The van der Waals surface area contributed by atoms with Crippen LogP contribution in [0.25, 0.3) is 11.0 Å². The number of para-hydroxylation sites is 2. The Morgan fingerprint density at radius 2 is 1.68 bits per heavy atom. The molecule has 0 fully saturated rings. The third-order valence-corrected chi connectivity index (χ3v) is 4.77. The highest BCUT2D eigenvalue weighted by Crippen LogP contribution is 2.30. The molecule has 1 atom stereocenters. The van der Waals surface area contributed by atoms with Gasteiger partial charge in [0.15, 0.2) is 17.7 Å². The van der Waals surface area contributed by atoms with E-state index in [0.717, 1.165) is 24.0 Å². The summed E-state index contributed by atoms with van der Waals surface area (Å²) in [6.45, 7) is 2.99. The number of anilines is 2. The molecule has 0 radical (unpaired) electrons. The minimum atomic E-state index is -0.741. The summed E-state index contributed by atoms with van der Waals surface area (Å²) < 4.78 is 18.8. The highest BCUT2D eigenvalue weighted by molar-refractivity contribution is 5.99. The van der Waals surface area contributed by atoms with Gasteiger partial charge in [-0.25, -0.2) is 14.4 Å². The number of hydrogen-bond donors (Lipinski definition) is 0. The van der Waals surface area contributed by atoms with Gasteiger partial charge in [0.2, 0.25) is 0 Å². The molecular formula is C21H21FN4O2. The first kappa shape index (κ1) is 18.2. The number of benzene rings is 2. The maximum absolute atomic E-state index is 13.2. The quantitative estimate of drug-likeness (QED) is 0.697. The van der Waals surface area contributed by atoms with E-state index >= 15 is 0 Å². The smallest absolute Gasteiger partial charge is 0.269 e. The van der Waals surface area contributed by atoms with E-state index in [4.69, 9.17) is 14.7 Å². The Labute approximate surface area is 162 Å². The van der Waals surface area contributed by atoms with Crippen molar-refractivity contribution in [2.24, 2.45) is 0 Å². The Kier molecular flexibility index (Phi) is 4.81. The fraction of sp³-hybridized carbons (Fsp3) is 0.286. The van der Waals surface area contributed by atoms with E-state index in [1.807, 2.05) is 36.2 Å². The van der Waals surface area contributed by atoms with E-state index < -0.39 is 6.10 Å². The van der Waals surface area contributed by atoms with E-state index in [-0.39, 0.29) is 11.7 Å². The van der Waals surface area contributed by atoms with Crippen LogP contribution in [-0.2, 0) is 4.79 Å². The number of aromatic nitrogens is 2. The molecule has 6 nitrogen and oxygen atoms in total. The van der Waals surface area contributed by atoms with Gasteiger partial charge in [-0.05, 0) is 49.7 Å². The first-order chi connectivity index (χ1) is 13.5. The Morgan fingerprint density at radius 1 is 1.04 bits per heavy atom. The zero-order valence-corrected chi connectivity index (χ0v) is 15.8. The van der Waals surface area contributed by atoms with E-state index in [2.05, 4.69) is 0 Å². The Balaban J connectivity index is 1.67. The van der Waals surface area contributed by atoms with Crippen LogP contribution in [0.1, 0.15) is 13.3 Å². The molecule has 1 amide bonds. The van der Waals surface area contributed by atoms with E-state index in [0.29, 0.717) is 23.9 Å². The van der Waals surface area contributed by atoms with Crippen LogP contribution in [0.3, 0.4) is 0 Å². The van der Waals surface area contributed by atoms with Crippen molar-refractivity contribution in [3.05, 3.63) is 54.3 Å². The number of carbonyl (C=O) groups excluding carboxylic acids is 1. The number of nitrogens with zero attached hydrogens (tertiary/aromatic N) is 4. The fourth-order valence-electron chi connectivity index (χ4n) is 3.30. The lowest BCUT2D eigenvalue weighted by Crippen LogP contribution is -2.41. The summed E-state index contributed by atoms with van der Waals surface area (Å²) in [7, 11) is 1.95. The molecule has 1 aromatic heterocycles. The van der Waals surface area contributed by atoms with Crippen LogP contribution >= 0.6 is 0 Å². The van der Waals surface area contributed by atoms with Crippen molar-refractivity contribution in [2.75, 3.05) is 29.9 Å². The maximum atomic E-state index is 13.2. The van der Waals surface area contributed by atoms with Gasteiger partial charge in [-0.15, -0.1) is 0 Å². The highest BCUT2D eigenvalue weighted by atomic mass is 19.1. The average molecular weight is 380 g/mol. The average Bonchev–Trinajstić information content (AvgIpc) is 2.86. The molecule has 0 bridgehead atoms. The lowest BCUT2D eigenvalue weighted by atomic mass is 10.2. The monoisotopic (exact) mass is 380 g/mol. The van der Waals surface area contributed by atoms with Crippen LogP contribution in [0.5, 0.6) is 5.75 Å². The van der Waals surface area contributed by atoms with Gasteiger partial charge in [-0.1, -0.05) is 12.1 Å². The number of halogens is 1. The van der Waals surface area contributed by atoms with Gasteiger partial charge >= 0.3 is 0 Å². The van der Waals surface area contributed by atoms with E-state index in [1.165, 1.54) is 24.3 Å². The lowest BCUT2D eigenvalue weighted by molar-refractivity contribution is -0.124. The van der Waals surface area contributed by atoms with Crippen LogP contribution in [-0.4, -0.2) is 42.1 Å². The first-order valence-corrected chi connectivity index (χ1v) is 9.24. The van der Waals surface area contributed by atoms with Crippen LogP contribution in [0.15, 0.2) is 48.5 Å². The van der Waals surface area contributed by atoms with Gasteiger partial charge in [0.1, 0.15) is 11.6 Å². The van der Waals surface area contributed by atoms with Gasteiger partial charge < -0.3 is 9.64 Å². The molecule has 1 aliphatic rings. The molecule has 4 rings (SSSR count). The normalized spacial score (nSPS) is 15.1. The Hall–Kier alpha value is -3.22. The molecule has 2 heterocycles. The summed E-state index contributed by atoms with van der Waals surface area (Å²) in [5.41, 5.74) is 1.53. The number of ether oxygens (including phenoxy) is 1. The topological polar surface area (TPSA) is 58.6 Å². The van der Waals surface area contributed by atoms with Crippen molar-refractivity contribution in [1.82, 2.24) is 9.97 Å². The van der Waals surface area contributed by atoms with E-state index in [1.54, 1.807) is 11.8 Å². The number of hydrogen-bond acceptors (Lipinski definition) is 5. The molecule has 0 unspecified atom stereocenters. The summed E-state index contributed by atoms with van der Waals surface area (Å²) in [5, 5.41) is 0. The fourth-order valence-corrected chi connectivity index (χ4v) is 3.30. The third-order valence-electron chi connectivity index (χ3n) is 4.77. The summed E-state index contributed by atoms with van der Waals surface area (Å²) in [4.78, 5) is 26.3. The molecule has 28 heavy (non-hydrogen) atoms. The molecule has 2 aromatic carbocycles. The zero-order valence-electron chi connectivity index (χ0n) is 15.8. The predicted molar refractivity (Wildman–Crippen MR) is 106 cm³/mol. The third kappa shape index (κ3) is 3.47. The summed E-state index contributed by atoms with van der Waals surface area (Å²) in [6.07, 6.45) is 0.0508. The number of fused-ring (bicyclic) bond motifs is 2. The van der Waals surface area contributed by atoms with Crippen LogP contribution in [0.2, 0.25) is 0 Å². The molecule has 144 valence electrons. The van der Waals surface area contributed by atoms with Gasteiger partial charge in [-0.2, -0.15) is 0 Å². The molecule has 0 spiro atoms.